The van der Waals surface area contributed by atoms with Crippen molar-refractivity contribution in [3.8, 4) is 5.69 Å². The van der Waals surface area contributed by atoms with Crippen molar-refractivity contribution >= 4 is 27.8 Å². The van der Waals surface area contributed by atoms with Crippen molar-refractivity contribution < 1.29 is 23.1 Å². The first-order valence-corrected chi connectivity index (χ1v) is 13.7. The fraction of sp³-hybridized carbons (Fsp3) is 0.379. The lowest BCUT2D eigenvalue weighted by Gasteiger charge is -2.39. The molecule has 1 fully saturated rings. The number of aromatic nitrogens is 3. The molecule has 2 aromatic carbocycles. The summed E-state index contributed by atoms with van der Waals surface area (Å²) < 4.78 is 36.0. The number of likely N-dealkylation sites (tertiary alicyclic amines) is 1. The Hall–Kier alpha value is -3.40. The maximum absolute atomic E-state index is 14.6. The van der Waals surface area contributed by atoms with Crippen LogP contribution in [0.25, 0.3) is 5.69 Å². The summed E-state index contributed by atoms with van der Waals surface area (Å²) in [4.78, 5) is 28.1. The van der Waals surface area contributed by atoms with Gasteiger partial charge in [-0.3, -0.25) is 9.59 Å². The van der Waals surface area contributed by atoms with E-state index in [9.17, 15) is 18.4 Å². The molecule has 206 valence electrons. The van der Waals surface area contributed by atoms with Crippen LogP contribution >= 0.6 is 15.9 Å². The van der Waals surface area contributed by atoms with Gasteiger partial charge in [0.15, 0.2) is 5.82 Å². The summed E-state index contributed by atoms with van der Waals surface area (Å²) in [5.41, 5.74) is 1.79. The second kappa shape index (κ2) is 12.2. The van der Waals surface area contributed by atoms with Gasteiger partial charge in [-0.1, -0.05) is 22.9 Å². The van der Waals surface area contributed by atoms with Crippen LogP contribution in [0.1, 0.15) is 55.2 Å². The molecule has 0 saturated carbocycles. The number of hydrogen-bond donors (Lipinski definition) is 0. The summed E-state index contributed by atoms with van der Waals surface area (Å²) in [5, 5.41) is 8.27. The Kier molecular flexibility index (Phi) is 8.94. The first-order valence-electron chi connectivity index (χ1n) is 12.9. The normalized spacial score (nSPS) is 14.7. The van der Waals surface area contributed by atoms with E-state index in [2.05, 4.69) is 26.2 Å². The quantitative estimate of drug-likeness (QED) is 0.240. The molecule has 0 bridgehead atoms. The fourth-order valence-corrected chi connectivity index (χ4v) is 5.10. The second-order valence-electron chi connectivity index (χ2n) is 9.99. The van der Waals surface area contributed by atoms with Crippen LogP contribution in [-0.4, -0.2) is 51.5 Å². The number of piperidine rings is 1. The molecule has 39 heavy (non-hydrogen) atoms. The van der Waals surface area contributed by atoms with Gasteiger partial charge in [-0.15, -0.1) is 5.10 Å². The smallest absolute Gasteiger partial charge is 0.312 e. The molecule has 1 amide bonds. The number of hydrogen-bond acceptors (Lipinski definition) is 5. The van der Waals surface area contributed by atoms with E-state index in [-0.39, 0.29) is 36.4 Å². The van der Waals surface area contributed by atoms with Crippen LogP contribution in [0.4, 0.5) is 8.78 Å². The number of amides is 1. The van der Waals surface area contributed by atoms with Gasteiger partial charge in [0.25, 0.3) is 5.91 Å². The summed E-state index contributed by atoms with van der Waals surface area (Å²) in [6.07, 6.45) is 4.90. The summed E-state index contributed by atoms with van der Waals surface area (Å²) >= 11 is 3.18. The number of rotatable bonds is 8. The van der Waals surface area contributed by atoms with E-state index in [1.54, 1.807) is 42.3 Å². The van der Waals surface area contributed by atoms with E-state index in [4.69, 9.17) is 4.74 Å². The molecule has 0 unspecified atom stereocenters. The van der Waals surface area contributed by atoms with Crippen LogP contribution in [0.3, 0.4) is 0 Å². The molecule has 1 saturated heterocycles. The molecule has 2 heterocycles. The van der Waals surface area contributed by atoms with Gasteiger partial charge in [0.2, 0.25) is 0 Å². The number of carbonyl (C=O) groups is 2. The molecular weight excluding hydrogens is 570 g/mol. The average molecular weight is 601 g/mol. The topological polar surface area (TPSA) is 77.3 Å². The Labute approximate surface area is 235 Å². The van der Waals surface area contributed by atoms with Crippen molar-refractivity contribution in [3.63, 3.8) is 0 Å². The third kappa shape index (κ3) is 6.43. The van der Waals surface area contributed by atoms with Gasteiger partial charge >= 0.3 is 5.97 Å². The van der Waals surface area contributed by atoms with Crippen LogP contribution in [0, 0.1) is 17.0 Å². The van der Waals surface area contributed by atoms with Gasteiger partial charge in [-0.25, -0.2) is 13.5 Å². The predicted octanol–water partition coefficient (Wildman–Crippen LogP) is 5.84. The van der Waals surface area contributed by atoms with E-state index in [0.29, 0.717) is 53.6 Å². The number of benzene rings is 2. The largest absolute Gasteiger partial charge is 0.466 e. The van der Waals surface area contributed by atoms with Crippen molar-refractivity contribution in [2.45, 2.75) is 46.5 Å². The summed E-state index contributed by atoms with van der Waals surface area (Å²) in [5.74, 6) is -1.38. The highest BCUT2D eigenvalue weighted by atomic mass is 79.9. The Morgan fingerprint density at radius 2 is 1.90 bits per heavy atom. The van der Waals surface area contributed by atoms with Crippen LogP contribution in [0.2, 0.25) is 0 Å². The number of halogens is 3. The Balaban J connectivity index is 1.51. The van der Waals surface area contributed by atoms with Crippen molar-refractivity contribution in [3.05, 3.63) is 87.2 Å². The molecule has 0 radical (unpaired) electrons. The molecule has 4 rings (SSSR count). The maximum Gasteiger partial charge on any atom is 0.312 e. The van der Waals surface area contributed by atoms with E-state index in [1.165, 1.54) is 16.8 Å². The molecule has 0 N–H and O–H groups in total. The third-order valence-electron chi connectivity index (χ3n) is 6.98. The van der Waals surface area contributed by atoms with Gasteiger partial charge in [-0.05, 0) is 91.9 Å². The number of ether oxygens (including phenoxy) is 1. The first-order chi connectivity index (χ1) is 18.6. The lowest BCUT2D eigenvalue weighted by atomic mass is 9.74. The lowest BCUT2D eigenvalue weighted by molar-refractivity contribution is -0.158. The van der Waals surface area contributed by atoms with Gasteiger partial charge in [-0.2, -0.15) is 0 Å². The zero-order valence-corrected chi connectivity index (χ0v) is 23.8. The van der Waals surface area contributed by atoms with Crippen molar-refractivity contribution in [1.29, 1.82) is 0 Å². The highest BCUT2D eigenvalue weighted by molar-refractivity contribution is 9.10. The number of nitrogens with zero attached hydrogens (tertiary/aromatic N) is 4. The Morgan fingerprint density at radius 3 is 2.59 bits per heavy atom. The van der Waals surface area contributed by atoms with Gasteiger partial charge < -0.3 is 9.64 Å². The highest BCUT2D eigenvalue weighted by Crippen LogP contribution is 2.37. The number of carbonyl (C=O) groups excluding carboxylic acids is 2. The van der Waals surface area contributed by atoms with Gasteiger partial charge in [0.1, 0.15) is 11.5 Å². The molecule has 1 aliphatic heterocycles. The minimum absolute atomic E-state index is 0.206. The molecule has 0 atom stereocenters. The van der Waals surface area contributed by atoms with E-state index in [0.717, 1.165) is 5.57 Å². The fourth-order valence-electron chi connectivity index (χ4n) is 4.75. The van der Waals surface area contributed by atoms with Crippen LogP contribution in [0.5, 0.6) is 0 Å². The van der Waals surface area contributed by atoms with Gasteiger partial charge in [0, 0.05) is 25.1 Å². The third-order valence-corrected chi connectivity index (χ3v) is 7.59. The molecule has 1 aliphatic rings. The summed E-state index contributed by atoms with van der Waals surface area (Å²) in [6, 6.07) is 9.30. The maximum atomic E-state index is 14.6. The first kappa shape index (κ1) is 28.6. The zero-order chi connectivity index (χ0) is 28.2. The van der Waals surface area contributed by atoms with Crippen molar-refractivity contribution in [1.82, 2.24) is 19.9 Å². The van der Waals surface area contributed by atoms with Crippen LogP contribution in [0.15, 0.2) is 58.7 Å². The van der Waals surface area contributed by atoms with E-state index in [1.807, 2.05) is 19.9 Å². The zero-order valence-electron chi connectivity index (χ0n) is 22.2. The molecule has 3 aromatic rings. The minimum Gasteiger partial charge on any atom is -0.466 e. The Morgan fingerprint density at radius 1 is 1.15 bits per heavy atom. The summed E-state index contributed by atoms with van der Waals surface area (Å²) in [7, 11) is 0. The highest BCUT2D eigenvalue weighted by Gasteiger charge is 2.44. The molecule has 0 aliphatic carbocycles. The molecule has 7 nitrogen and oxygen atoms in total. The number of esters is 1. The number of allylic oxidation sites excluding steroid dienone is 2. The molecular formula is C29H31BrF2N4O3. The second-order valence-corrected chi connectivity index (χ2v) is 10.8. The molecule has 1 aromatic heterocycles. The lowest BCUT2D eigenvalue weighted by Crippen LogP contribution is -2.48. The van der Waals surface area contributed by atoms with Crippen molar-refractivity contribution in [2.75, 3.05) is 19.7 Å². The van der Waals surface area contributed by atoms with Crippen LogP contribution < -0.4 is 0 Å². The SMILES string of the molecule is CCOC(=O)C1(Cc2cn(-c3cccc(Br)c3F)nn2)CCN(C(=O)c2ccc(F)c(CC=C(C)C)c2)CC1. The predicted molar refractivity (Wildman–Crippen MR) is 146 cm³/mol. The minimum atomic E-state index is -0.902. The molecule has 0 spiro atoms. The summed E-state index contributed by atoms with van der Waals surface area (Å²) in [6.45, 7) is 6.51. The average Bonchev–Trinajstić information content (AvgIpc) is 3.37. The standard InChI is InChI=1S/C29H31BrF2N4O3/c1-4-39-28(38)29(17-22-18-36(34-33-22)25-7-5-6-23(30)26(25)32)12-14-35(15-13-29)27(37)21-10-11-24(31)20(16-21)9-8-19(2)3/h5-8,10-11,16,18H,4,9,12-15,17H2,1-3H3. The van der Waals surface area contributed by atoms with Crippen LogP contribution in [-0.2, 0) is 22.4 Å². The van der Waals surface area contributed by atoms with Crippen molar-refractivity contribution in [2.24, 2.45) is 5.41 Å². The van der Waals surface area contributed by atoms with E-state index < -0.39 is 11.2 Å². The van der Waals surface area contributed by atoms with Gasteiger partial charge in [0.05, 0.1) is 28.4 Å². The van der Waals surface area contributed by atoms with E-state index >= 15 is 0 Å². The molecule has 10 heteroatoms. The monoisotopic (exact) mass is 600 g/mol. The Bertz CT molecular complexity index is 1390.